The van der Waals surface area contributed by atoms with Gasteiger partial charge in [0.2, 0.25) is 0 Å². The molecule has 1 heteroatoms. The Labute approximate surface area is 111 Å². The molecular formula is C17H25N. The Morgan fingerprint density at radius 1 is 1.06 bits per heavy atom. The first-order valence-electron chi connectivity index (χ1n) is 7.54. The van der Waals surface area contributed by atoms with Crippen molar-refractivity contribution in [2.24, 2.45) is 11.1 Å². The fraction of sp³-hybridized carbons (Fsp3) is 0.647. The molecule has 0 aliphatic heterocycles. The van der Waals surface area contributed by atoms with Gasteiger partial charge < -0.3 is 5.73 Å². The average molecular weight is 243 g/mol. The van der Waals surface area contributed by atoms with Gasteiger partial charge in [0.1, 0.15) is 0 Å². The molecule has 0 amide bonds. The average Bonchev–Trinajstić information content (AvgIpc) is 2.75. The van der Waals surface area contributed by atoms with Gasteiger partial charge in [-0.3, -0.25) is 0 Å². The maximum atomic E-state index is 6.51. The lowest BCUT2D eigenvalue weighted by Crippen LogP contribution is -2.29. The van der Waals surface area contributed by atoms with Crippen LogP contribution in [-0.2, 0) is 0 Å². The molecule has 2 aliphatic rings. The van der Waals surface area contributed by atoms with Gasteiger partial charge in [-0.25, -0.2) is 0 Å². The zero-order chi connectivity index (χ0) is 12.6. The molecule has 0 aromatic heterocycles. The molecule has 0 saturated heterocycles. The van der Waals surface area contributed by atoms with Gasteiger partial charge in [0.05, 0.1) is 0 Å². The van der Waals surface area contributed by atoms with Crippen molar-refractivity contribution in [2.75, 3.05) is 0 Å². The molecule has 3 rings (SSSR count). The van der Waals surface area contributed by atoms with Crippen LogP contribution >= 0.6 is 0 Å². The van der Waals surface area contributed by atoms with Crippen LogP contribution in [0.1, 0.15) is 75.0 Å². The normalized spacial score (nSPS) is 24.8. The molecule has 1 aromatic rings. The second kappa shape index (κ2) is 4.70. The molecule has 18 heavy (non-hydrogen) atoms. The molecule has 1 aromatic carbocycles. The van der Waals surface area contributed by atoms with Crippen LogP contribution in [0, 0.1) is 5.41 Å². The van der Waals surface area contributed by atoms with E-state index in [2.05, 4.69) is 31.2 Å². The summed E-state index contributed by atoms with van der Waals surface area (Å²) in [6.07, 6.45) is 9.45. The minimum absolute atomic E-state index is 0.218. The molecule has 2 aliphatic carbocycles. The van der Waals surface area contributed by atoms with Gasteiger partial charge in [-0.2, -0.15) is 0 Å². The van der Waals surface area contributed by atoms with E-state index in [0.29, 0.717) is 5.41 Å². The molecule has 0 bridgehead atoms. The van der Waals surface area contributed by atoms with E-state index in [9.17, 15) is 0 Å². The highest BCUT2D eigenvalue weighted by atomic mass is 14.7. The third kappa shape index (κ3) is 2.09. The monoisotopic (exact) mass is 243 g/mol. The van der Waals surface area contributed by atoms with Gasteiger partial charge in [-0.05, 0) is 48.1 Å². The first kappa shape index (κ1) is 12.2. The van der Waals surface area contributed by atoms with E-state index in [1.807, 2.05) is 0 Å². The second-order valence-corrected chi connectivity index (χ2v) is 6.63. The fourth-order valence-corrected chi connectivity index (χ4v) is 3.61. The van der Waals surface area contributed by atoms with Gasteiger partial charge in [0.25, 0.3) is 0 Å². The maximum absolute atomic E-state index is 6.51. The lowest BCUT2D eigenvalue weighted by molar-refractivity contribution is 0.265. The van der Waals surface area contributed by atoms with Crippen molar-refractivity contribution >= 4 is 0 Å². The Bertz CT molecular complexity index is 396. The topological polar surface area (TPSA) is 26.0 Å². The first-order valence-corrected chi connectivity index (χ1v) is 7.54. The van der Waals surface area contributed by atoms with Gasteiger partial charge >= 0.3 is 0 Å². The predicted molar refractivity (Wildman–Crippen MR) is 76.5 cm³/mol. The van der Waals surface area contributed by atoms with Gasteiger partial charge in [-0.15, -0.1) is 0 Å². The summed E-state index contributed by atoms with van der Waals surface area (Å²) in [5, 5.41) is 0. The smallest absolute Gasteiger partial charge is 0.0349 e. The minimum Gasteiger partial charge on any atom is -0.323 e. The summed E-state index contributed by atoms with van der Waals surface area (Å²) in [6, 6.07) is 9.41. The van der Waals surface area contributed by atoms with Crippen molar-refractivity contribution in [1.82, 2.24) is 0 Å². The number of benzene rings is 1. The van der Waals surface area contributed by atoms with Crippen molar-refractivity contribution in [3.8, 4) is 0 Å². The van der Waals surface area contributed by atoms with E-state index < -0.39 is 0 Å². The van der Waals surface area contributed by atoms with Crippen molar-refractivity contribution in [3.05, 3.63) is 35.4 Å². The van der Waals surface area contributed by atoms with E-state index in [1.54, 1.807) is 0 Å². The first-order chi connectivity index (χ1) is 8.69. The van der Waals surface area contributed by atoms with Crippen LogP contribution in [0.25, 0.3) is 0 Å². The van der Waals surface area contributed by atoms with E-state index in [4.69, 9.17) is 5.73 Å². The molecule has 0 spiro atoms. The van der Waals surface area contributed by atoms with Crippen LogP contribution in [0.15, 0.2) is 24.3 Å². The molecule has 2 N–H and O–H groups in total. The van der Waals surface area contributed by atoms with Gasteiger partial charge in [-0.1, -0.05) is 50.5 Å². The van der Waals surface area contributed by atoms with E-state index in [1.165, 1.54) is 56.1 Å². The lowest BCUT2D eigenvalue weighted by Gasteiger charge is -2.32. The van der Waals surface area contributed by atoms with E-state index >= 15 is 0 Å². The third-order valence-corrected chi connectivity index (χ3v) is 5.37. The molecule has 0 radical (unpaired) electrons. The molecule has 1 nitrogen and oxygen atoms in total. The SMILES string of the molecule is CC1(C(N)c2ccc(C3CCC3)cc2)CCCC1. The highest BCUT2D eigenvalue weighted by Gasteiger charge is 2.35. The van der Waals surface area contributed by atoms with Crippen molar-refractivity contribution in [1.29, 1.82) is 0 Å². The Balaban J connectivity index is 1.75. The third-order valence-electron chi connectivity index (χ3n) is 5.37. The molecular weight excluding hydrogens is 218 g/mol. The molecule has 1 atom stereocenters. The van der Waals surface area contributed by atoms with Crippen LogP contribution in [0.5, 0.6) is 0 Å². The van der Waals surface area contributed by atoms with Crippen molar-refractivity contribution < 1.29 is 0 Å². The Morgan fingerprint density at radius 3 is 2.17 bits per heavy atom. The minimum atomic E-state index is 0.218. The van der Waals surface area contributed by atoms with Crippen LogP contribution in [0.2, 0.25) is 0 Å². The number of hydrogen-bond donors (Lipinski definition) is 1. The fourth-order valence-electron chi connectivity index (χ4n) is 3.61. The van der Waals surface area contributed by atoms with E-state index in [-0.39, 0.29) is 6.04 Å². The van der Waals surface area contributed by atoms with Crippen LogP contribution < -0.4 is 5.73 Å². The summed E-state index contributed by atoms with van der Waals surface area (Å²) in [4.78, 5) is 0. The molecule has 2 fully saturated rings. The summed E-state index contributed by atoms with van der Waals surface area (Å²) in [5.74, 6) is 0.831. The van der Waals surface area contributed by atoms with Crippen LogP contribution in [0.4, 0.5) is 0 Å². The summed E-state index contributed by atoms with van der Waals surface area (Å²) in [5.41, 5.74) is 9.70. The van der Waals surface area contributed by atoms with E-state index in [0.717, 1.165) is 5.92 Å². The molecule has 2 saturated carbocycles. The van der Waals surface area contributed by atoms with Crippen LogP contribution in [-0.4, -0.2) is 0 Å². The quantitative estimate of drug-likeness (QED) is 0.829. The zero-order valence-corrected chi connectivity index (χ0v) is 11.5. The largest absolute Gasteiger partial charge is 0.323 e. The van der Waals surface area contributed by atoms with Crippen molar-refractivity contribution in [2.45, 2.75) is 63.8 Å². The Morgan fingerprint density at radius 2 is 1.67 bits per heavy atom. The molecule has 1 unspecified atom stereocenters. The highest BCUT2D eigenvalue weighted by Crippen LogP contribution is 2.46. The second-order valence-electron chi connectivity index (χ2n) is 6.63. The standard InChI is InChI=1S/C17H25N/c1-17(11-2-3-12-17)16(18)15-9-7-14(8-10-15)13-5-4-6-13/h7-10,13,16H,2-6,11-12,18H2,1H3. The molecule has 98 valence electrons. The Hall–Kier alpha value is -0.820. The predicted octanol–water partition coefficient (Wildman–Crippen LogP) is 4.53. The van der Waals surface area contributed by atoms with Crippen LogP contribution in [0.3, 0.4) is 0 Å². The lowest BCUT2D eigenvalue weighted by atomic mass is 9.76. The summed E-state index contributed by atoms with van der Waals surface area (Å²) in [7, 11) is 0. The highest BCUT2D eigenvalue weighted by molar-refractivity contribution is 5.29. The van der Waals surface area contributed by atoms with Gasteiger partial charge in [0.15, 0.2) is 0 Å². The maximum Gasteiger partial charge on any atom is 0.0349 e. The van der Waals surface area contributed by atoms with Gasteiger partial charge in [0, 0.05) is 6.04 Å². The number of rotatable bonds is 3. The zero-order valence-electron chi connectivity index (χ0n) is 11.5. The number of nitrogens with two attached hydrogens (primary N) is 1. The number of hydrogen-bond acceptors (Lipinski definition) is 1. The summed E-state index contributed by atoms with van der Waals surface area (Å²) < 4.78 is 0. The summed E-state index contributed by atoms with van der Waals surface area (Å²) in [6.45, 7) is 2.37. The summed E-state index contributed by atoms with van der Waals surface area (Å²) >= 11 is 0. The molecule has 0 heterocycles. The Kier molecular flexibility index (Phi) is 3.19. The van der Waals surface area contributed by atoms with Crippen molar-refractivity contribution in [3.63, 3.8) is 0 Å².